The van der Waals surface area contributed by atoms with E-state index in [2.05, 4.69) is 0 Å². The van der Waals surface area contributed by atoms with E-state index < -0.39 is 5.97 Å². The average Bonchev–Trinajstić information content (AvgIpc) is 2.87. The Kier molecular flexibility index (Phi) is 4.19. The molecule has 0 radical (unpaired) electrons. The Hall–Kier alpha value is -2.75. The molecular formula is C21H12Cl2O3. The highest BCUT2D eigenvalue weighted by Crippen LogP contribution is 2.35. The fourth-order valence-electron chi connectivity index (χ4n) is 2.92. The van der Waals surface area contributed by atoms with Crippen molar-refractivity contribution in [3.63, 3.8) is 0 Å². The van der Waals surface area contributed by atoms with Crippen LogP contribution in [0.15, 0.2) is 72.2 Å². The quantitative estimate of drug-likeness (QED) is 0.551. The first-order valence-corrected chi connectivity index (χ1v) is 8.59. The van der Waals surface area contributed by atoms with Gasteiger partial charge in [0.25, 0.3) is 0 Å². The van der Waals surface area contributed by atoms with Gasteiger partial charge in [0.05, 0.1) is 0 Å². The zero-order chi connectivity index (χ0) is 18.3. The number of benzene rings is 3. The number of ether oxygens (including phenoxy) is 1. The first-order chi connectivity index (χ1) is 12.5. The Balaban J connectivity index is 1.78. The van der Waals surface area contributed by atoms with Crippen LogP contribution in [0, 0.1) is 0 Å². The lowest BCUT2D eigenvalue weighted by Gasteiger charge is -2.02. The number of fused-ring (bicyclic) bond motifs is 1. The lowest BCUT2D eigenvalue weighted by Crippen LogP contribution is -1.98. The molecule has 3 nitrogen and oxygen atoms in total. The predicted molar refractivity (Wildman–Crippen MR) is 104 cm³/mol. The molecule has 1 N–H and O–H groups in total. The van der Waals surface area contributed by atoms with Crippen molar-refractivity contribution in [1.29, 1.82) is 0 Å². The number of carbonyl (C=O) groups is 1. The molecule has 26 heavy (non-hydrogen) atoms. The smallest absolute Gasteiger partial charge is 0.348 e. The van der Waals surface area contributed by atoms with E-state index in [4.69, 9.17) is 27.9 Å². The number of cyclic esters (lactones) is 1. The minimum absolute atomic E-state index is 0.0430. The molecule has 1 heterocycles. The molecule has 0 amide bonds. The minimum Gasteiger partial charge on any atom is -0.504 e. The second-order valence-corrected chi connectivity index (χ2v) is 6.76. The molecule has 4 rings (SSSR count). The third kappa shape index (κ3) is 3.07. The molecule has 0 bridgehead atoms. The van der Waals surface area contributed by atoms with Crippen LogP contribution < -0.4 is 0 Å². The number of aliphatic hydroxyl groups is 1. The van der Waals surface area contributed by atoms with Crippen molar-refractivity contribution in [2.75, 3.05) is 0 Å². The molecule has 3 aromatic rings. The maximum absolute atomic E-state index is 12.3. The summed E-state index contributed by atoms with van der Waals surface area (Å²) in [5.74, 6) is -0.786. The van der Waals surface area contributed by atoms with Crippen molar-refractivity contribution in [3.8, 4) is 0 Å². The zero-order valence-corrected chi connectivity index (χ0v) is 14.9. The summed E-state index contributed by atoms with van der Waals surface area (Å²) in [5, 5.41) is 13.4. The lowest BCUT2D eigenvalue weighted by molar-refractivity contribution is -0.131. The summed E-state index contributed by atoms with van der Waals surface area (Å²) >= 11 is 12.0. The standard InChI is InChI=1S/C21H12Cl2O3/c22-16-9-15(10-17(23)11-16)19-20(24)18(26-21(19)25)8-12-5-6-13-3-1-2-4-14(13)7-12/h1-11,24H/b18-8-. The van der Waals surface area contributed by atoms with Crippen molar-refractivity contribution in [1.82, 2.24) is 0 Å². The summed E-state index contributed by atoms with van der Waals surface area (Å²) < 4.78 is 5.25. The maximum Gasteiger partial charge on any atom is 0.348 e. The van der Waals surface area contributed by atoms with E-state index in [9.17, 15) is 9.90 Å². The van der Waals surface area contributed by atoms with Crippen LogP contribution >= 0.6 is 23.2 Å². The Labute approximate surface area is 159 Å². The van der Waals surface area contributed by atoms with Crippen LogP contribution in [-0.2, 0) is 9.53 Å². The van der Waals surface area contributed by atoms with Crippen LogP contribution in [0.2, 0.25) is 10.0 Å². The van der Waals surface area contributed by atoms with E-state index in [1.165, 1.54) is 0 Å². The summed E-state index contributed by atoms with van der Waals surface area (Å²) in [6.45, 7) is 0. The molecule has 0 aliphatic carbocycles. The molecule has 5 heteroatoms. The highest BCUT2D eigenvalue weighted by Gasteiger charge is 2.31. The first-order valence-electron chi connectivity index (χ1n) is 7.84. The third-order valence-corrected chi connectivity index (χ3v) is 4.54. The van der Waals surface area contributed by atoms with Gasteiger partial charge in [-0.25, -0.2) is 4.79 Å². The van der Waals surface area contributed by atoms with E-state index in [-0.39, 0.29) is 17.1 Å². The third-order valence-electron chi connectivity index (χ3n) is 4.10. The molecule has 1 aliphatic heterocycles. The molecular weight excluding hydrogens is 371 g/mol. The summed E-state index contributed by atoms with van der Waals surface area (Å²) in [7, 11) is 0. The fourth-order valence-corrected chi connectivity index (χ4v) is 3.44. The Morgan fingerprint density at radius 1 is 0.885 bits per heavy atom. The highest BCUT2D eigenvalue weighted by atomic mass is 35.5. The van der Waals surface area contributed by atoms with Gasteiger partial charge in [-0.05, 0) is 52.2 Å². The largest absolute Gasteiger partial charge is 0.504 e. The van der Waals surface area contributed by atoms with Gasteiger partial charge in [0.15, 0.2) is 11.5 Å². The second-order valence-electron chi connectivity index (χ2n) is 5.89. The van der Waals surface area contributed by atoms with Crippen molar-refractivity contribution in [2.45, 2.75) is 0 Å². The number of hydrogen-bond acceptors (Lipinski definition) is 3. The lowest BCUT2D eigenvalue weighted by atomic mass is 10.0. The van der Waals surface area contributed by atoms with Crippen LogP contribution in [-0.4, -0.2) is 11.1 Å². The summed E-state index contributed by atoms with van der Waals surface area (Å²) in [6, 6.07) is 18.4. The van der Waals surface area contributed by atoms with Gasteiger partial charge >= 0.3 is 5.97 Å². The van der Waals surface area contributed by atoms with Gasteiger partial charge in [-0.2, -0.15) is 0 Å². The van der Waals surface area contributed by atoms with Gasteiger partial charge < -0.3 is 9.84 Å². The number of rotatable bonds is 2. The topological polar surface area (TPSA) is 46.5 Å². The van der Waals surface area contributed by atoms with Gasteiger partial charge in [0.2, 0.25) is 0 Å². The SMILES string of the molecule is O=C1O/C(=C\c2ccc3ccccc3c2)C(O)=C1c1cc(Cl)cc(Cl)c1. The van der Waals surface area contributed by atoms with Gasteiger partial charge in [0.1, 0.15) is 5.57 Å². The number of halogens is 2. The molecule has 0 spiro atoms. The normalized spacial score (nSPS) is 15.8. The van der Waals surface area contributed by atoms with Gasteiger partial charge in [0, 0.05) is 10.0 Å². The fraction of sp³-hybridized carbons (Fsp3) is 0. The Bertz CT molecular complexity index is 1090. The molecule has 0 aromatic heterocycles. The van der Waals surface area contributed by atoms with Crippen LogP contribution in [0.3, 0.4) is 0 Å². The molecule has 3 aromatic carbocycles. The van der Waals surface area contributed by atoms with E-state index >= 15 is 0 Å². The van der Waals surface area contributed by atoms with Crippen LogP contribution in [0.5, 0.6) is 0 Å². The van der Waals surface area contributed by atoms with E-state index in [1.54, 1.807) is 24.3 Å². The van der Waals surface area contributed by atoms with Crippen molar-refractivity contribution in [2.24, 2.45) is 0 Å². The maximum atomic E-state index is 12.3. The number of aliphatic hydroxyl groups excluding tert-OH is 1. The van der Waals surface area contributed by atoms with E-state index in [0.717, 1.165) is 16.3 Å². The van der Waals surface area contributed by atoms with Crippen LogP contribution in [0.25, 0.3) is 22.4 Å². The van der Waals surface area contributed by atoms with Gasteiger partial charge in [-0.15, -0.1) is 0 Å². The minimum atomic E-state index is -0.645. The van der Waals surface area contributed by atoms with E-state index in [0.29, 0.717) is 15.6 Å². The summed E-state index contributed by atoms with van der Waals surface area (Å²) in [4.78, 5) is 12.3. The van der Waals surface area contributed by atoms with Gasteiger partial charge in [-0.1, -0.05) is 59.6 Å². The van der Waals surface area contributed by atoms with Crippen LogP contribution in [0.1, 0.15) is 11.1 Å². The van der Waals surface area contributed by atoms with Crippen molar-refractivity contribution >= 4 is 51.6 Å². The molecule has 0 fully saturated rings. The second kappa shape index (κ2) is 6.52. The van der Waals surface area contributed by atoms with E-state index in [1.807, 2.05) is 42.5 Å². The predicted octanol–water partition coefficient (Wildman–Crippen LogP) is 6.01. The molecule has 0 atom stereocenters. The Morgan fingerprint density at radius 2 is 1.58 bits per heavy atom. The number of hydrogen-bond donors (Lipinski definition) is 1. The van der Waals surface area contributed by atoms with Crippen molar-refractivity contribution < 1.29 is 14.6 Å². The monoisotopic (exact) mass is 382 g/mol. The molecule has 1 aliphatic rings. The highest BCUT2D eigenvalue weighted by molar-refractivity contribution is 6.35. The average molecular weight is 383 g/mol. The molecule has 0 unspecified atom stereocenters. The zero-order valence-electron chi connectivity index (χ0n) is 13.4. The number of esters is 1. The first kappa shape index (κ1) is 16.7. The number of carbonyl (C=O) groups excluding carboxylic acids is 1. The molecule has 0 saturated carbocycles. The molecule has 128 valence electrons. The summed E-state index contributed by atoms with van der Waals surface area (Å²) in [6.07, 6.45) is 1.62. The van der Waals surface area contributed by atoms with Crippen molar-refractivity contribution in [3.05, 3.63) is 93.4 Å². The Morgan fingerprint density at radius 3 is 2.31 bits per heavy atom. The van der Waals surface area contributed by atoms with Gasteiger partial charge in [-0.3, -0.25) is 0 Å². The molecule has 0 saturated heterocycles. The van der Waals surface area contributed by atoms with Crippen LogP contribution in [0.4, 0.5) is 0 Å². The summed E-state index contributed by atoms with van der Waals surface area (Å²) in [5.41, 5.74) is 1.26.